The number of benzene rings is 2. The summed E-state index contributed by atoms with van der Waals surface area (Å²) in [5, 5.41) is 0. The molecule has 3 nitrogen and oxygen atoms in total. The second kappa shape index (κ2) is 4.40. The lowest BCUT2D eigenvalue weighted by molar-refractivity contribution is 0.104. The minimum Gasteiger partial charge on any atom is -0.300 e. The number of hydrazine groups is 1. The Morgan fingerprint density at radius 2 is 1.22 bits per heavy atom. The molecule has 2 aromatic rings. The molecule has 3 rings (SSSR count). The van der Waals surface area contributed by atoms with Gasteiger partial charge in [-0.25, -0.2) is 0 Å². The molecule has 5 heteroatoms. The van der Waals surface area contributed by atoms with Gasteiger partial charge in [-0.3, -0.25) is 4.79 Å². The van der Waals surface area contributed by atoms with E-state index in [2.05, 4.69) is 42.7 Å². The van der Waals surface area contributed by atoms with Crippen molar-refractivity contribution in [2.75, 3.05) is 10.9 Å². The number of carbonyl (C=O) groups is 1. The van der Waals surface area contributed by atoms with Crippen molar-refractivity contribution in [3.63, 3.8) is 0 Å². The van der Waals surface area contributed by atoms with Crippen LogP contribution in [0.1, 0.15) is 15.9 Å². The van der Waals surface area contributed by atoms with Crippen LogP contribution in [0.2, 0.25) is 0 Å². The highest BCUT2D eigenvalue weighted by Gasteiger charge is 2.20. The molecule has 0 saturated carbocycles. The lowest BCUT2D eigenvalue weighted by atomic mass is 10.0. The third kappa shape index (κ3) is 1.93. The number of carbonyl (C=O) groups excluding carboxylic acids is 1. The van der Waals surface area contributed by atoms with E-state index >= 15 is 0 Å². The number of rotatable bonds is 0. The van der Waals surface area contributed by atoms with Gasteiger partial charge in [0.25, 0.3) is 0 Å². The van der Waals surface area contributed by atoms with E-state index in [0.29, 0.717) is 11.1 Å². The van der Waals surface area contributed by atoms with Gasteiger partial charge >= 0.3 is 0 Å². The molecule has 0 atom stereocenters. The monoisotopic (exact) mass is 366 g/mol. The number of ketones is 1. The Kier molecular flexibility index (Phi) is 2.87. The minimum absolute atomic E-state index is 0.0116. The van der Waals surface area contributed by atoms with E-state index in [0.717, 1.165) is 20.3 Å². The van der Waals surface area contributed by atoms with Crippen molar-refractivity contribution in [2.45, 2.75) is 0 Å². The molecular weight excluding hydrogens is 360 g/mol. The summed E-state index contributed by atoms with van der Waals surface area (Å²) in [5.41, 5.74) is 8.97. The average molecular weight is 368 g/mol. The summed E-state index contributed by atoms with van der Waals surface area (Å²) in [6.07, 6.45) is 0. The largest absolute Gasteiger partial charge is 0.300 e. The van der Waals surface area contributed by atoms with Gasteiger partial charge in [0, 0.05) is 20.1 Å². The minimum atomic E-state index is 0.0116. The van der Waals surface area contributed by atoms with Gasteiger partial charge in [-0.1, -0.05) is 31.9 Å². The maximum absolute atomic E-state index is 12.4. The third-order valence-electron chi connectivity index (χ3n) is 2.78. The maximum Gasteiger partial charge on any atom is 0.197 e. The van der Waals surface area contributed by atoms with Crippen molar-refractivity contribution in [3.8, 4) is 0 Å². The molecule has 1 aliphatic rings. The average Bonchev–Trinajstić information content (AvgIpc) is 2.47. The standard InChI is InChI=1S/C13H8Br2N2O/c14-7-1-3-9-11(5-7)16-17-12-6-8(15)2-4-10(12)13(9)18/h1-6,16-17H. The molecule has 0 amide bonds. The van der Waals surface area contributed by atoms with Crippen molar-refractivity contribution in [3.05, 3.63) is 56.5 Å². The summed E-state index contributed by atoms with van der Waals surface area (Å²) in [6, 6.07) is 11.1. The van der Waals surface area contributed by atoms with E-state index in [9.17, 15) is 4.79 Å². The van der Waals surface area contributed by atoms with Gasteiger partial charge in [0.05, 0.1) is 11.4 Å². The Morgan fingerprint density at radius 3 is 1.67 bits per heavy atom. The van der Waals surface area contributed by atoms with Crippen LogP contribution in [0.5, 0.6) is 0 Å². The molecule has 0 fully saturated rings. The first-order chi connectivity index (χ1) is 8.65. The molecule has 0 aromatic heterocycles. The molecule has 2 N–H and O–H groups in total. The van der Waals surface area contributed by atoms with E-state index in [1.807, 2.05) is 36.4 Å². The fourth-order valence-corrected chi connectivity index (χ4v) is 2.64. The molecule has 0 bridgehead atoms. The second-order valence-corrected chi connectivity index (χ2v) is 5.79. The van der Waals surface area contributed by atoms with Crippen LogP contribution in [0.25, 0.3) is 0 Å². The number of hydrogen-bond acceptors (Lipinski definition) is 3. The van der Waals surface area contributed by atoms with Crippen LogP contribution in [-0.2, 0) is 0 Å². The fraction of sp³-hybridized carbons (Fsp3) is 0. The number of nitrogens with one attached hydrogen (secondary N) is 2. The van der Waals surface area contributed by atoms with Gasteiger partial charge in [-0.2, -0.15) is 0 Å². The van der Waals surface area contributed by atoms with Crippen LogP contribution < -0.4 is 10.9 Å². The zero-order valence-corrected chi connectivity index (χ0v) is 12.3. The van der Waals surface area contributed by atoms with Crippen molar-refractivity contribution < 1.29 is 4.79 Å². The summed E-state index contributed by atoms with van der Waals surface area (Å²) in [5.74, 6) is 0.0116. The molecule has 18 heavy (non-hydrogen) atoms. The van der Waals surface area contributed by atoms with Crippen LogP contribution in [0, 0.1) is 0 Å². The third-order valence-corrected chi connectivity index (χ3v) is 3.77. The molecular formula is C13H8Br2N2O. The first-order valence-corrected chi connectivity index (χ1v) is 6.89. The van der Waals surface area contributed by atoms with Crippen molar-refractivity contribution in [1.29, 1.82) is 0 Å². The zero-order valence-electron chi connectivity index (χ0n) is 9.13. The van der Waals surface area contributed by atoms with E-state index < -0.39 is 0 Å². The van der Waals surface area contributed by atoms with E-state index in [4.69, 9.17) is 0 Å². The highest BCUT2D eigenvalue weighted by atomic mass is 79.9. The smallest absolute Gasteiger partial charge is 0.197 e. The Labute approximate surface area is 121 Å². The van der Waals surface area contributed by atoms with Gasteiger partial charge in [0.1, 0.15) is 0 Å². The van der Waals surface area contributed by atoms with Crippen LogP contribution in [0.15, 0.2) is 45.3 Å². The van der Waals surface area contributed by atoms with Gasteiger partial charge in [-0.15, -0.1) is 0 Å². The lowest BCUT2D eigenvalue weighted by Gasteiger charge is -2.09. The summed E-state index contributed by atoms with van der Waals surface area (Å²) < 4.78 is 1.85. The summed E-state index contributed by atoms with van der Waals surface area (Å²) in [4.78, 5) is 12.4. The first-order valence-electron chi connectivity index (χ1n) is 5.31. The molecule has 0 saturated heterocycles. The highest BCUT2D eigenvalue weighted by molar-refractivity contribution is 9.10. The summed E-state index contributed by atoms with van der Waals surface area (Å²) >= 11 is 6.79. The Balaban J connectivity index is 2.18. The molecule has 0 spiro atoms. The molecule has 1 aliphatic heterocycles. The van der Waals surface area contributed by atoms with Gasteiger partial charge < -0.3 is 10.9 Å². The molecule has 0 unspecified atom stereocenters. The number of halogens is 2. The predicted molar refractivity (Wildman–Crippen MR) is 79.0 cm³/mol. The van der Waals surface area contributed by atoms with Crippen LogP contribution in [0.3, 0.4) is 0 Å². The van der Waals surface area contributed by atoms with Crippen LogP contribution >= 0.6 is 31.9 Å². The second-order valence-electron chi connectivity index (χ2n) is 3.96. The fourth-order valence-electron chi connectivity index (χ4n) is 1.92. The molecule has 90 valence electrons. The van der Waals surface area contributed by atoms with Crippen LogP contribution in [0.4, 0.5) is 11.4 Å². The first kappa shape index (κ1) is 11.7. The van der Waals surface area contributed by atoms with Gasteiger partial charge in [0.15, 0.2) is 5.78 Å². The zero-order chi connectivity index (χ0) is 12.7. The van der Waals surface area contributed by atoms with E-state index in [-0.39, 0.29) is 5.78 Å². The van der Waals surface area contributed by atoms with Gasteiger partial charge in [0.2, 0.25) is 0 Å². The number of fused-ring (bicyclic) bond motifs is 2. The Morgan fingerprint density at radius 1 is 0.778 bits per heavy atom. The predicted octanol–water partition coefficient (Wildman–Crippen LogP) is 4.20. The van der Waals surface area contributed by atoms with E-state index in [1.165, 1.54) is 0 Å². The molecule has 2 aromatic carbocycles. The maximum atomic E-state index is 12.4. The Bertz CT molecular complexity index is 600. The summed E-state index contributed by atoms with van der Waals surface area (Å²) in [7, 11) is 0. The number of hydrogen-bond donors (Lipinski definition) is 2. The van der Waals surface area contributed by atoms with Gasteiger partial charge in [-0.05, 0) is 36.4 Å². The lowest BCUT2D eigenvalue weighted by Crippen LogP contribution is -2.08. The number of anilines is 2. The quantitative estimate of drug-likeness (QED) is 0.733. The van der Waals surface area contributed by atoms with Crippen molar-refractivity contribution in [2.24, 2.45) is 0 Å². The normalized spacial score (nSPS) is 12.9. The van der Waals surface area contributed by atoms with Crippen molar-refractivity contribution in [1.82, 2.24) is 0 Å². The van der Waals surface area contributed by atoms with Crippen LogP contribution in [-0.4, -0.2) is 5.78 Å². The highest BCUT2D eigenvalue weighted by Crippen LogP contribution is 2.31. The topological polar surface area (TPSA) is 41.1 Å². The summed E-state index contributed by atoms with van der Waals surface area (Å²) in [6.45, 7) is 0. The molecule has 1 heterocycles. The molecule has 0 aliphatic carbocycles. The van der Waals surface area contributed by atoms with Crippen molar-refractivity contribution >= 4 is 49.0 Å². The molecule has 0 radical (unpaired) electrons. The Hall–Kier alpha value is -1.33. The SMILES string of the molecule is O=C1c2ccc(Br)cc2NNc2cc(Br)ccc21. The van der Waals surface area contributed by atoms with E-state index in [1.54, 1.807) is 0 Å².